The maximum absolute atomic E-state index is 12.9. The number of hydrogen-bond donors (Lipinski definition) is 1. The van der Waals surface area contributed by atoms with Crippen molar-refractivity contribution in [1.29, 1.82) is 0 Å². The minimum absolute atomic E-state index is 0.0431. The van der Waals surface area contributed by atoms with Gasteiger partial charge in [-0.2, -0.15) is 13.2 Å². The van der Waals surface area contributed by atoms with Crippen LogP contribution in [0.1, 0.15) is 36.2 Å². The molecule has 128 valence electrons. The van der Waals surface area contributed by atoms with Gasteiger partial charge in [-0.05, 0) is 30.4 Å². The maximum Gasteiger partial charge on any atom is 0.406 e. The van der Waals surface area contributed by atoms with E-state index in [1.54, 1.807) is 18.2 Å². The van der Waals surface area contributed by atoms with Crippen LogP contribution in [-0.4, -0.2) is 22.7 Å². The van der Waals surface area contributed by atoms with Crippen LogP contribution in [0.2, 0.25) is 0 Å². The predicted molar refractivity (Wildman–Crippen MR) is 84.0 cm³/mol. The SMILES string of the molecule is O=C(NC1CCCC1)c1cc2ccccc2c(=O)n1CC(F)(F)F. The topological polar surface area (TPSA) is 51.1 Å². The molecule has 0 radical (unpaired) electrons. The third-order valence-corrected chi connectivity index (χ3v) is 4.28. The minimum Gasteiger partial charge on any atom is -0.348 e. The Morgan fingerprint density at radius 3 is 2.54 bits per heavy atom. The molecule has 1 aromatic heterocycles. The molecule has 0 aliphatic heterocycles. The molecule has 0 spiro atoms. The number of alkyl halides is 3. The number of fused-ring (bicyclic) bond motifs is 1. The van der Waals surface area contributed by atoms with Gasteiger partial charge in [0.05, 0.1) is 0 Å². The Balaban J connectivity index is 2.07. The molecule has 2 aromatic rings. The van der Waals surface area contributed by atoms with Gasteiger partial charge in [0.1, 0.15) is 12.2 Å². The summed E-state index contributed by atoms with van der Waals surface area (Å²) in [6, 6.07) is 7.64. The summed E-state index contributed by atoms with van der Waals surface area (Å²) in [5, 5.41) is 3.37. The van der Waals surface area contributed by atoms with Crippen molar-refractivity contribution < 1.29 is 18.0 Å². The van der Waals surface area contributed by atoms with E-state index in [1.165, 1.54) is 12.1 Å². The van der Waals surface area contributed by atoms with Gasteiger partial charge < -0.3 is 5.32 Å². The summed E-state index contributed by atoms with van der Waals surface area (Å²) in [5.41, 5.74) is -1.05. The number of halogens is 3. The highest BCUT2D eigenvalue weighted by Crippen LogP contribution is 2.21. The van der Waals surface area contributed by atoms with Crippen molar-refractivity contribution >= 4 is 16.7 Å². The molecular formula is C17H17F3N2O2. The lowest BCUT2D eigenvalue weighted by Gasteiger charge is -2.18. The van der Waals surface area contributed by atoms with E-state index in [-0.39, 0.29) is 17.1 Å². The molecular weight excluding hydrogens is 321 g/mol. The van der Waals surface area contributed by atoms with Crippen molar-refractivity contribution in [3.8, 4) is 0 Å². The molecule has 1 N–H and O–H groups in total. The fraction of sp³-hybridized carbons (Fsp3) is 0.412. The number of carbonyl (C=O) groups is 1. The van der Waals surface area contributed by atoms with Gasteiger partial charge in [0, 0.05) is 11.4 Å². The molecule has 1 aromatic carbocycles. The molecule has 0 saturated heterocycles. The van der Waals surface area contributed by atoms with Gasteiger partial charge in [0.15, 0.2) is 0 Å². The van der Waals surface area contributed by atoms with E-state index >= 15 is 0 Å². The summed E-state index contributed by atoms with van der Waals surface area (Å²) in [6.45, 7) is -1.48. The number of aromatic nitrogens is 1. The van der Waals surface area contributed by atoms with Crippen LogP contribution in [0, 0.1) is 0 Å². The van der Waals surface area contributed by atoms with E-state index in [0.717, 1.165) is 25.7 Å². The normalized spacial score (nSPS) is 15.8. The minimum atomic E-state index is -4.59. The Labute approximate surface area is 136 Å². The van der Waals surface area contributed by atoms with E-state index in [0.29, 0.717) is 9.95 Å². The number of amides is 1. The molecule has 24 heavy (non-hydrogen) atoms. The van der Waals surface area contributed by atoms with Gasteiger partial charge in [-0.15, -0.1) is 0 Å². The second-order valence-electron chi connectivity index (χ2n) is 6.08. The monoisotopic (exact) mass is 338 g/mol. The standard InChI is InChI=1S/C17H17F3N2O2/c18-17(19,20)10-22-14(15(23)21-12-6-2-3-7-12)9-11-5-1-4-8-13(11)16(22)24/h1,4-5,8-9,12H,2-3,6-7,10H2,(H,21,23). The van der Waals surface area contributed by atoms with Crippen molar-refractivity contribution in [2.24, 2.45) is 0 Å². The molecule has 7 heteroatoms. The highest BCUT2D eigenvalue weighted by atomic mass is 19.4. The summed E-state index contributed by atoms with van der Waals surface area (Å²) in [5.74, 6) is -0.631. The molecule has 4 nitrogen and oxygen atoms in total. The summed E-state index contributed by atoms with van der Waals surface area (Å²) in [4.78, 5) is 24.9. The highest BCUT2D eigenvalue weighted by molar-refractivity contribution is 5.96. The zero-order chi connectivity index (χ0) is 17.3. The van der Waals surface area contributed by atoms with Crippen molar-refractivity contribution in [1.82, 2.24) is 9.88 Å². The second-order valence-corrected chi connectivity index (χ2v) is 6.08. The first-order valence-corrected chi connectivity index (χ1v) is 7.85. The Morgan fingerprint density at radius 1 is 1.21 bits per heavy atom. The van der Waals surface area contributed by atoms with Crippen molar-refractivity contribution in [3.63, 3.8) is 0 Å². The van der Waals surface area contributed by atoms with E-state index in [4.69, 9.17) is 0 Å². The van der Waals surface area contributed by atoms with Crippen molar-refractivity contribution in [3.05, 3.63) is 46.4 Å². The summed E-state index contributed by atoms with van der Waals surface area (Å²) >= 11 is 0. The van der Waals surface area contributed by atoms with Crippen LogP contribution in [0.15, 0.2) is 35.1 Å². The quantitative estimate of drug-likeness (QED) is 0.934. The van der Waals surface area contributed by atoms with Gasteiger partial charge in [-0.25, -0.2) is 0 Å². The lowest BCUT2D eigenvalue weighted by molar-refractivity contribution is -0.141. The zero-order valence-corrected chi connectivity index (χ0v) is 12.9. The van der Waals surface area contributed by atoms with Crippen LogP contribution in [0.4, 0.5) is 13.2 Å². The Bertz CT molecular complexity index is 821. The molecule has 1 saturated carbocycles. The Hall–Kier alpha value is -2.31. The van der Waals surface area contributed by atoms with E-state index in [2.05, 4.69) is 5.32 Å². The fourth-order valence-corrected chi connectivity index (χ4v) is 3.15. The van der Waals surface area contributed by atoms with Crippen LogP contribution in [0.25, 0.3) is 10.8 Å². The molecule has 0 bridgehead atoms. The number of benzene rings is 1. The molecule has 1 aliphatic rings. The first-order chi connectivity index (χ1) is 11.3. The van der Waals surface area contributed by atoms with Gasteiger partial charge in [0.2, 0.25) is 0 Å². The molecule has 1 fully saturated rings. The second kappa shape index (κ2) is 6.30. The molecule has 0 atom stereocenters. The highest BCUT2D eigenvalue weighted by Gasteiger charge is 2.31. The number of nitrogens with one attached hydrogen (secondary N) is 1. The number of hydrogen-bond acceptors (Lipinski definition) is 2. The number of nitrogens with zero attached hydrogens (tertiary/aromatic N) is 1. The molecule has 1 aliphatic carbocycles. The van der Waals surface area contributed by atoms with Gasteiger partial charge in [-0.3, -0.25) is 14.2 Å². The van der Waals surface area contributed by atoms with Crippen LogP contribution >= 0.6 is 0 Å². The first kappa shape index (κ1) is 16.5. The molecule has 3 rings (SSSR count). The third kappa shape index (κ3) is 3.44. The Morgan fingerprint density at radius 2 is 1.88 bits per heavy atom. The summed E-state index contributed by atoms with van der Waals surface area (Å²) in [6.07, 6.45) is -1.00. The number of rotatable bonds is 3. The summed E-state index contributed by atoms with van der Waals surface area (Å²) < 4.78 is 39.2. The lowest BCUT2D eigenvalue weighted by Crippen LogP contribution is -2.39. The lowest BCUT2D eigenvalue weighted by atomic mass is 10.1. The molecule has 1 amide bonds. The smallest absolute Gasteiger partial charge is 0.348 e. The number of pyridine rings is 1. The van der Waals surface area contributed by atoms with Crippen LogP contribution in [0.3, 0.4) is 0 Å². The summed E-state index contributed by atoms with van der Waals surface area (Å²) in [7, 11) is 0. The first-order valence-electron chi connectivity index (χ1n) is 7.85. The van der Waals surface area contributed by atoms with Crippen molar-refractivity contribution in [2.45, 2.75) is 44.4 Å². The number of carbonyl (C=O) groups excluding carboxylic acids is 1. The average molecular weight is 338 g/mol. The fourth-order valence-electron chi connectivity index (χ4n) is 3.15. The van der Waals surface area contributed by atoms with E-state index in [1.807, 2.05) is 0 Å². The zero-order valence-electron chi connectivity index (χ0n) is 12.9. The maximum atomic E-state index is 12.9. The van der Waals surface area contributed by atoms with E-state index < -0.39 is 24.2 Å². The Kier molecular flexibility index (Phi) is 4.34. The van der Waals surface area contributed by atoms with Crippen LogP contribution < -0.4 is 10.9 Å². The predicted octanol–water partition coefficient (Wildman–Crippen LogP) is 3.24. The van der Waals surface area contributed by atoms with Crippen LogP contribution in [-0.2, 0) is 6.54 Å². The van der Waals surface area contributed by atoms with Gasteiger partial charge in [-0.1, -0.05) is 31.0 Å². The molecule has 0 unspecified atom stereocenters. The largest absolute Gasteiger partial charge is 0.406 e. The van der Waals surface area contributed by atoms with Gasteiger partial charge >= 0.3 is 6.18 Å². The van der Waals surface area contributed by atoms with Crippen LogP contribution in [0.5, 0.6) is 0 Å². The van der Waals surface area contributed by atoms with E-state index in [9.17, 15) is 22.8 Å². The van der Waals surface area contributed by atoms with Gasteiger partial charge in [0.25, 0.3) is 11.5 Å². The average Bonchev–Trinajstić information content (AvgIpc) is 3.01. The molecule has 1 heterocycles. The third-order valence-electron chi connectivity index (χ3n) is 4.28. The van der Waals surface area contributed by atoms with Crippen molar-refractivity contribution in [2.75, 3.05) is 0 Å².